The highest BCUT2D eigenvalue weighted by atomic mass is 32.1. The van der Waals surface area contributed by atoms with Crippen LogP contribution in [-0.4, -0.2) is 12.6 Å². The molecule has 2 rings (SSSR count). The van der Waals surface area contributed by atoms with Crippen molar-refractivity contribution < 1.29 is 0 Å². The molecule has 3 N–H and O–H groups in total. The van der Waals surface area contributed by atoms with E-state index >= 15 is 0 Å². The first-order chi connectivity index (χ1) is 8.22. The number of nitrogens with two attached hydrogens (primary N) is 1. The van der Waals surface area contributed by atoms with Crippen molar-refractivity contribution in [3.05, 3.63) is 35.2 Å². The molecule has 2 aromatic rings. The van der Waals surface area contributed by atoms with Gasteiger partial charge in [-0.3, -0.25) is 0 Å². The Kier molecular flexibility index (Phi) is 4.15. The molecular formula is C14H20N2S. The minimum absolute atomic E-state index is 0.397. The normalized spacial score (nSPS) is 13.4. The molecule has 3 heteroatoms. The molecule has 2 nitrogen and oxygen atoms in total. The minimum Gasteiger partial charge on any atom is -0.329 e. The lowest BCUT2D eigenvalue weighted by Gasteiger charge is -2.20. The highest BCUT2D eigenvalue weighted by Crippen LogP contribution is 2.25. The average molecular weight is 248 g/mol. The molecule has 0 fully saturated rings. The number of hydrogen-bond acceptors (Lipinski definition) is 3. The fourth-order valence-electron chi connectivity index (χ4n) is 2.00. The number of rotatable bonds is 5. The van der Waals surface area contributed by atoms with Gasteiger partial charge in [-0.1, -0.05) is 32.0 Å². The molecule has 0 saturated carbocycles. The second-order valence-electron chi connectivity index (χ2n) is 4.72. The summed E-state index contributed by atoms with van der Waals surface area (Å²) in [6, 6.07) is 8.95. The van der Waals surface area contributed by atoms with Gasteiger partial charge < -0.3 is 11.1 Å². The molecule has 0 radical (unpaired) electrons. The van der Waals surface area contributed by atoms with Gasteiger partial charge in [-0.15, -0.1) is 11.3 Å². The van der Waals surface area contributed by atoms with Gasteiger partial charge in [0, 0.05) is 23.8 Å². The van der Waals surface area contributed by atoms with Crippen molar-refractivity contribution in [3.63, 3.8) is 0 Å². The van der Waals surface area contributed by atoms with Gasteiger partial charge in [-0.25, -0.2) is 0 Å². The Hall–Kier alpha value is -0.900. The van der Waals surface area contributed by atoms with Gasteiger partial charge in [-0.2, -0.15) is 0 Å². The lowest BCUT2D eigenvalue weighted by molar-refractivity contribution is 0.406. The largest absolute Gasteiger partial charge is 0.329 e. The second-order valence-corrected chi connectivity index (χ2v) is 5.64. The molecule has 0 aliphatic carbocycles. The van der Waals surface area contributed by atoms with Gasteiger partial charge in [0.15, 0.2) is 0 Å². The zero-order valence-corrected chi connectivity index (χ0v) is 11.3. The van der Waals surface area contributed by atoms with Crippen molar-refractivity contribution in [1.29, 1.82) is 0 Å². The lowest BCUT2D eigenvalue weighted by atomic mass is 10.0. The van der Waals surface area contributed by atoms with Gasteiger partial charge >= 0.3 is 0 Å². The van der Waals surface area contributed by atoms with E-state index in [1.807, 2.05) is 11.3 Å². The van der Waals surface area contributed by atoms with Crippen LogP contribution in [0.15, 0.2) is 29.6 Å². The summed E-state index contributed by atoms with van der Waals surface area (Å²) in [4.78, 5) is 0. The molecule has 17 heavy (non-hydrogen) atoms. The van der Waals surface area contributed by atoms with Gasteiger partial charge in [-0.05, 0) is 28.3 Å². The molecule has 1 unspecified atom stereocenters. The van der Waals surface area contributed by atoms with Gasteiger partial charge in [0.25, 0.3) is 0 Å². The van der Waals surface area contributed by atoms with Crippen LogP contribution in [0.1, 0.15) is 19.4 Å². The molecule has 92 valence electrons. The standard InChI is InChI=1S/C14H20N2S/c1-10(2)13(7-15)16-8-11-9-17-14-6-4-3-5-12(11)14/h3-6,9-10,13,16H,7-8,15H2,1-2H3. The van der Waals surface area contributed by atoms with Crippen molar-refractivity contribution >= 4 is 21.4 Å². The second kappa shape index (κ2) is 5.63. The van der Waals surface area contributed by atoms with E-state index in [0.717, 1.165) is 6.54 Å². The maximum Gasteiger partial charge on any atom is 0.0346 e. The van der Waals surface area contributed by atoms with Crippen LogP contribution >= 0.6 is 11.3 Å². The molecule has 0 aliphatic heterocycles. The van der Waals surface area contributed by atoms with E-state index in [4.69, 9.17) is 5.73 Å². The molecule has 0 aliphatic rings. The van der Waals surface area contributed by atoms with Crippen molar-refractivity contribution in [2.24, 2.45) is 11.7 Å². The molecule has 0 spiro atoms. The van der Waals surface area contributed by atoms with E-state index in [-0.39, 0.29) is 0 Å². The predicted molar refractivity (Wildman–Crippen MR) is 76.3 cm³/mol. The number of nitrogens with one attached hydrogen (secondary N) is 1. The Morgan fingerprint density at radius 2 is 2.06 bits per heavy atom. The number of hydrogen-bond donors (Lipinski definition) is 2. The Labute approximate surface area is 107 Å². The average Bonchev–Trinajstić information content (AvgIpc) is 2.73. The van der Waals surface area contributed by atoms with Gasteiger partial charge in [0.1, 0.15) is 0 Å². The zero-order chi connectivity index (χ0) is 12.3. The molecule has 0 saturated heterocycles. The summed E-state index contributed by atoms with van der Waals surface area (Å²) in [6.07, 6.45) is 0. The molecule has 1 aromatic carbocycles. The summed E-state index contributed by atoms with van der Waals surface area (Å²) in [5, 5.41) is 7.15. The first-order valence-electron chi connectivity index (χ1n) is 6.11. The van der Waals surface area contributed by atoms with Crippen LogP contribution in [0, 0.1) is 5.92 Å². The van der Waals surface area contributed by atoms with Crippen LogP contribution in [0.4, 0.5) is 0 Å². The van der Waals surface area contributed by atoms with Crippen molar-refractivity contribution in [3.8, 4) is 0 Å². The summed E-state index contributed by atoms with van der Waals surface area (Å²) < 4.78 is 1.36. The molecular weight excluding hydrogens is 228 g/mol. The van der Waals surface area contributed by atoms with Gasteiger partial charge in [0.2, 0.25) is 0 Å². The number of benzene rings is 1. The molecule has 0 amide bonds. The van der Waals surface area contributed by atoms with Crippen LogP contribution in [0.5, 0.6) is 0 Å². The SMILES string of the molecule is CC(C)C(CN)NCc1csc2ccccc12. The van der Waals surface area contributed by atoms with E-state index < -0.39 is 0 Å². The van der Waals surface area contributed by atoms with Crippen molar-refractivity contribution in [2.75, 3.05) is 6.54 Å². The summed E-state index contributed by atoms with van der Waals surface area (Å²) >= 11 is 1.81. The lowest BCUT2D eigenvalue weighted by Crippen LogP contribution is -2.39. The minimum atomic E-state index is 0.397. The fraction of sp³-hybridized carbons (Fsp3) is 0.429. The number of thiophene rings is 1. The topological polar surface area (TPSA) is 38.0 Å². The van der Waals surface area contributed by atoms with Gasteiger partial charge in [0.05, 0.1) is 0 Å². The molecule has 0 bridgehead atoms. The molecule has 1 atom stereocenters. The third-order valence-electron chi connectivity index (χ3n) is 3.17. The highest BCUT2D eigenvalue weighted by Gasteiger charge is 2.11. The summed E-state index contributed by atoms with van der Waals surface area (Å²) in [5.41, 5.74) is 7.15. The van der Waals surface area contributed by atoms with E-state index in [9.17, 15) is 0 Å². The summed E-state index contributed by atoms with van der Waals surface area (Å²) in [6.45, 7) is 6.01. The van der Waals surface area contributed by atoms with Crippen LogP contribution in [0.25, 0.3) is 10.1 Å². The maximum absolute atomic E-state index is 5.77. The first-order valence-corrected chi connectivity index (χ1v) is 6.99. The fourth-order valence-corrected chi connectivity index (χ4v) is 2.96. The summed E-state index contributed by atoms with van der Waals surface area (Å²) in [5.74, 6) is 0.574. The van der Waals surface area contributed by atoms with Crippen LogP contribution in [-0.2, 0) is 6.54 Å². The van der Waals surface area contributed by atoms with Crippen LogP contribution < -0.4 is 11.1 Å². The third-order valence-corrected chi connectivity index (χ3v) is 4.19. The predicted octanol–water partition coefficient (Wildman–Crippen LogP) is 2.97. The Balaban J connectivity index is 2.08. The van der Waals surface area contributed by atoms with Crippen LogP contribution in [0.2, 0.25) is 0 Å². The van der Waals surface area contributed by atoms with Crippen molar-refractivity contribution in [2.45, 2.75) is 26.4 Å². The van der Waals surface area contributed by atoms with E-state index in [1.165, 1.54) is 15.6 Å². The maximum atomic E-state index is 5.77. The summed E-state index contributed by atoms with van der Waals surface area (Å²) in [7, 11) is 0. The molecule has 1 aromatic heterocycles. The van der Waals surface area contributed by atoms with Crippen molar-refractivity contribution in [1.82, 2.24) is 5.32 Å². The Morgan fingerprint density at radius 1 is 1.29 bits per heavy atom. The monoisotopic (exact) mass is 248 g/mol. The van der Waals surface area contributed by atoms with Crippen LogP contribution in [0.3, 0.4) is 0 Å². The van der Waals surface area contributed by atoms with E-state index in [0.29, 0.717) is 18.5 Å². The number of fused-ring (bicyclic) bond motifs is 1. The first kappa shape index (κ1) is 12.6. The van der Waals surface area contributed by atoms with E-state index in [1.54, 1.807) is 0 Å². The highest BCUT2D eigenvalue weighted by molar-refractivity contribution is 7.17. The zero-order valence-electron chi connectivity index (χ0n) is 10.4. The smallest absolute Gasteiger partial charge is 0.0346 e. The Bertz CT molecular complexity index is 476. The third kappa shape index (κ3) is 2.86. The van der Waals surface area contributed by atoms with E-state index in [2.05, 4.69) is 48.8 Å². The molecule has 1 heterocycles. The Morgan fingerprint density at radius 3 is 2.76 bits per heavy atom. The quantitative estimate of drug-likeness (QED) is 0.853.